The highest BCUT2D eigenvalue weighted by molar-refractivity contribution is 5.94. The Kier molecular flexibility index (Phi) is 4.34. The van der Waals surface area contributed by atoms with E-state index in [1.165, 1.54) is 23.0 Å². The predicted octanol–water partition coefficient (Wildman–Crippen LogP) is 2.46. The van der Waals surface area contributed by atoms with Crippen molar-refractivity contribution in [2.45, 2.75) is 19.9 Å². The lowest BCUT2D eigenvalue weighted by molar-refractivity contribution is 0.0932. The van der Waals surface area contributed by atoms with Gasteiger partial charge in [-0.3, -0.25) is 9.48 Å². The van der Waals surface area contributed by atoms with E-state index in [0.29, 0.717) is 11.3 Å². The first-order valence-corrected chi connectivity index (χ1v) is 8.70. The molecule has 28 heavy (non-hydrogen) atoms. The molecule has 4 aromatic rings. The molecule has 0 fully saturated rings. The van der Waals surface area contributed by atoms with E-state index in [9.17, 15) is 9.18 Å². The number of halogens is 1. The summed E-state index contributed by atoms with van der Waals surface area (Å²) in [5.74, 6) is -0.375. The second kappa shape index (κ2) is 6.84. The van der Waals surface area contributed by atoms with Gasteiger partial charge in [-0.1, -0.05) is 0 Å². The van der Waals surface area contributed by atoms with E-state index in [2.05, 4.69) is 25.5 Å². The van der Waals surface area contributed by atoms with Crippen LogP contribution in [0.1, 0.15) is 34.7 Å². The monoisotopic (exact) mass is 379 g/mol. The average molecular weight is 379 g/mol. The molecule has 0 aliphatic carbocycles. The third-order valence-electron chi connectivity index (χ3n) is 4.71. The zero-order chi connectivity index (χ0) is 19.8. The molecule has 1 unspecified atom stereocenters. The Morgan fingerprint density at radius 2 is 1.96 bits per heavy atom. The highest BCUT2D eigenvalue weighted by Crippen LogP contribution is 2.21. The number of carbonyl (C=O) groups is 1. The normalized spacial score (nSPS) is 12.3. The Hall–Kier alpha value is -3.62. The van der Waals surface area contributed by atoms with Crippen molar-refractivity contribution >= 4 is 11.7 Å². The molecular weight excluding hydrogens is 361 g/mol. The van der Waals surface area contributed by atoms with E-state index < -0.39 is 0 Å². The van der Waals surface area contributed by atoms with Crippen LogP contribution < -0.4 is 5.32 Å². The summed E-state index contributed by atoms with van der Waals surface area (Å²) in [7, 11) is 1.85. The van der Waals surface area contributed by atoms with Crippen molar-refractivity contribution in [3.05, 3.63) is 65.6 Å². The van der Waals surface area contributed by atoms with Gasteiger partial charge < -0.3 is 5.32 Å². The van der Waals surface area contributed by atoms with Crippen molar-refractivity contribution in [2.75, 3.05) is 0 Å². The van der Waals surface area contributed by atoms with Gasteiger partial charge in [-0.05, 0) is 44.2 Å². The van der Waals surface area contributed by atoms with Gasteiger partial charge in [0.1, 0.15) is 17.8 Å². The first-order chi connectivity index (χ1) is 13.4. The topological polar surface area (TPSA) is 90.0 Å². The SMILES string of the molecule is Cc1c(C(C)NC(=O)c2cc(-c3ccc(F)cc3)nc3ncnn23)cnn1C. The molecule has 1 atom stereocenters. The quantitative estimate of drug-likeness (QED) is 0.588. The Morgan fingerprint density at radius 1 is 1.21 bits per heavy atom. The minimum atomic E-state index is -0.342. The van der Waals surface area contributed by atoms with E-state index in [0.717, 1.165) is 11.3 Å². The molecule has 1 aromatic carbocycles. The molecule has 4 rings (SSSR count). The Bertz CT molecular complexity index is 1160. The van der Waals surface area contributed by atoms with Crippen LogP contribution in [0, 0.1) is 12.7 Å². The number of carbonyl (C=O) groups excluding carboxylic acids is 1. The first-order valence-electron chi connectivity index (χ1n) is 8.70. The standard InChI is InChI=1S/C19H18FN7O/c1-11(15-9-22-26(3)12(15)2)24-18(28)17-8-16(13-4-6-14(20)7-5-13)25-19-21-10-23-27(17)19/h4-11H,1-3H3,(H,24,28). The minimum absolute atomic E-state index is 0.248. The Balaban J connectivity index is 1.70. The fourth-order valence-corrected chi connectivity index (χ4v) is 3.03. The fraction of sp³-hybridized carbons (Fsp3) is 0.211. The number of aryl methyl sites for hydroxylation is 1. The van der Waals surface area contributed by atoms with Crippen LogP contribution in [0.2, 0.25) is 0 Å². The molecular formula is C19H18FN7O. The van der Waals surface area contributed by atoms with Gasteiger partial charge in [0.2, 0.25) is 0 Å². The number of fused-ring (bicyclic) bond motifs is 1. The zero-order valence-electron chi connectivity index (χ0n) is 15.6. The van der Waals surface area contributed by atoms with E-state index in [1.54, 1.807) is 29.1 Å². The average Bonchev–Trinajstić information content (AvgIpc) is 3.28. The van der Waals surface area contributed by atoms with Gasteiger partial charge in [-0.2, -0.15) is 19.7 Å². The maximum Gasteiger partial charge on any atom is 0.270 e. The van der Waals surface area contributed by atoms with Gasteiger partial charge in [-0.15, -0.1) is 0 Å². The van der Waals surface area contributed by atoms with Crippen LogP contribution >= 0.6 is 0 Å². The number of nitrogens with one attached hydrogen (secondary N) is 1. The van der Waals surface area contributed by atoms with Crippen LogP contribution in [0.25, 0.3) is 17.0 Å². The summed E-state index contributed by atoms with van der Waals surface area (Å²) in [6.07, 6.45) is 3.07. The van der Waals surface area contributed by atoms with Gasteiger partial charge in [0.15, 0.2) is 0 Å². The summed E-state index contributed by atoms with van der Waals surface area (Å²) in [5.41, 5.74) is 3.38. The lowest BCUT2D eigenvalue weighted by Gasteiger charge is -2.14. The number of nitrogens with zero attached hydrogens (tertiary/aromatic N) is 6. The Labute approximate surface area is 160 Å². The van der Waals surface area contributed by atoms with E-state index in [1.807, 2.05) is 20.9 Å². The summed E-state index contributed by atoms with van der Waals surface area (Å²) in [6.45, 7) is 3.84. The van der Waals surface area contributed by atoms with Gasteiger partial charge >= 0.3 is 0 Å². The van der Waals surface area contributed by atoms with Crippen LogP contribution in [0.3, 0.4) is 0 Å². The Morgan fingerprint density at radius 3 is 2.64 bits per heavy atom. The van der Waals surface area contributed by atoms with Crippen molar-refractivity contribution in [3.63, 3.8) is 0 Å². The van der Waals surface area contributed by atoms with Crippen LogP contribution in [0.4, 0.5) is 4.39 Å². The molecule has 142 valence electrons. The van der Waals surface area contributed by atoms with Gasteiger partial charge in [-0.25, -0.2) is 9.37 Å². The molecule has 3 aromatic heterocycles. The fourth-order valence-electron chi connectivity index (χ4n) is 3.03. The predicted molar refractivity (Wildman–Crippen MR) is 100 cm³/mol. The maximum absolute atomic E-state index is 13.2. The lowest BCUT2D eigenvalue weighted by atomic mass is 10.1. The third-order valence-corrected chi connectivity index (χ3v) is 4.71. The van der Waals surface area contributed by atoms with Crippen LogP contribution in [0.15, 0.2) is 42.9 Å². The second-order valence-electron chi connectivity index (χ2n) is 6.51. The van der Waals surface area contributed by atoms with E-state index in [-0.39, 0.29) is 29.2 Å². The van der Waals surface area contributed by atoms with Crippen molar-refractivity contribution < 1.29 is 9.18 Å². The van der Waals surface area contributed by atoms with Crippen molar-refractivity contribution in [1.82, 2.24) is 34.7 Å². The smallest absolute Gasteiger partial charge is 0.270 e. The van der Waals surface area contributed by atoms with Gasteiger partial charge in [0.25, 0.3) is 11.7 Å². The molecule has 8 nitrogen and oxygen atoms in total. The molecule has 0 bridgehead atoms. The molecule has 1 N–H and O–H groups in total. The number of amides is 1. The number of benzene rings is 1. The van der Waals surface area contributed by atoms with Crippen LogP contribution in [-0.4, -0.2) is 35.3 Å². The molecule has 0 aliphatic heterocycles. The van der Waals surface area contributed by atoms with Crippen LogP contribution in [0.5, 0.6) is 0 Å². The number of hydrogen-bond acceptors (Lipinski definition) is 5. The summed E-state index contributed by atoms with van der Waals surface area (Å²) < 4.78 is 16.4. The molecule has 1 amide bonds. The summed E-state index contributed by atoms with van der Waals surface area (Å²) in [4.78, 5) is 21.5. The summed E-state index contributed by atoms with van der Waals surface area (Å²) in [5, 5.41) is 11.3. The molecule has 0 aliphatic rings. The summed E-state index contributed by atoms with van der Waals surface area (Å²) >= 11 is 0. The maximum atomic E-state index is 13.2. The number of rotatable bonds is 4. The largest absolute Gasteiger partial charge is 0.344 e. The van der Waals surface area contributed by atoms with Crippen molar-refractivity contribution in [1.29, 1.82) is 0 Å². The van der Waals surface area contributed by atoms with E-state index in [4.69, 9.17) is 0 Å². The molecule has 9 heteroatoms. The number of hydrogen-bond donors (Lipinski definition) is 1. The zero-order valence-corrected chi connectivity index (χ0v) is 15.6. The van der Waals surface area contributed by atoms with Crippen LogP contribution in [-0.2, 0) is 7.05 Å². The minimum Gasteiger partial charge on any atom is -0.344 e. The summed E-state index contributed by atoms with van der Waals surface area (Å²) in [6, 6.07) is 7.27. The highest BCUT2D eigenvalue weighted by Gasteiger charge is 2.20. The third kappa shape index (κ3) is 3.11. The van der Waals surface area contributed by atoms with Gasteiger partial charge in [0.05, 0.1) is 17.9 Å². The number of aromatic nitrogens is 6. The molecule has 0 saturated carbocycles. The second-order valence-corrected chi connectivity index (χ2v) is 6.51. The van der Waals surface area contributed by atoms with Crippen molar-refractivity contribution in [2.24, 2.45) is 7.05 Å². The van der Waals surface area contributed by atoms with Gasteiger partial charge in [0, 0.05) is 23.9 Å². The molecule has 0 radical (unpaired) electrons. The van der Waals surface area contributed by atoms with Crippen molar-refractivity contribution in [3.8, 4) is 11.3 Å². The lowest BCUT2D eigenvalue weighted by Crippen LogP contribution is -2.29. The molecule has 3 heterocycles. The highest BCUT2D eigenvalue weighted by atomic mass is 19.1. The molecule has 0 saturated heterocycles. The molecule has 0 spiro atoms. The van der Waals surface area contributed by atoms with E-state index >= 15 is 0 Å². The first kappa shape index (κ1) is 17.8.